The van der Waals surface area contributed by atoms with E-state index in [9.17, 15) is 0 Å². The molecule has 0 aliphatic carbocycles. The van der Waals surface area contributed by atoms with E-state index in [-0.39, 0.29) is 5.38 Å². The number of ether oxygens (including phenoxy) is 2. The van der Waals surface area contributed by atoms with Gasteiger partial charge >= 0.3 is 0 Å². The minimum absolute atomic E-state index is 0.339. The van der Waals surface area contributed by atoms with Crippen LogP contribution in [0.1, 0.15) is 15.8 Å². The third-order valence-electron chi connectivity index (χ3n) is 2.57. The van der Waals surface area contributed by atoms with Crippen molar-refractivity contribution < 1.29 is 9.47 Å². The van der Waals surface area contributed by atoms with Crippen LogP contribution in [0.3, 0.4) is 0 Å². The second kappa shape index (κ2) is 5.83. The standard InChI is InChI=1S/C13H12Cl2O2S/c1-16-10-4-3-8(14)7-9(10)12(15)13-11(17-2)5-6-18-13/h3-7,12H,1-2H3. The van der Waals surface area contributed by atoms with Crippen LogP contribution in [0.15, 0.2) is 29.6 Å². The molecule has 0 aliphatic heterocycles. The SMILES string of the molecule is COc1ccc(Cl)cc1C(Cl)c1sccc1OC. The van der Waals surface area contributed by atoms with Crippen LogP contribution >= 0.6 is 34.5 Å². The monoisotopic (exact) mass is 302 g/mol. The average Bonchev–Trinajstić information content (AvgIpc) is 2.86. The van der Waals surface area contributed by atoms with Crippen LogP contribution in [0.5, 0.6) is 11.5 Å². The summed E-state index contributed by atoms with van der Waals surface area (Å²) in [6, 6.07) is 7.30. The van der Waals surface area contributed by atoms with E-state index < -0.39 is 0 Å². The molecule has 5 heteroatoms. The fourth-order valence-corrected chi connectivity index (χ4v) is 3.17. The molecule has 0 N–H and O–H groups in total. The fourth-order valence-electron chi connectivity index (χ4n) is 1.71. The lowest BCUT2D eigenvalue weighted by atomic mass is 10.1. The van der Waals surface area contributed by atoms with Gasteiger partial charge in [-0.15, -0.1) is 22.9 Å². The number of benzene rings is 1. The Hall–Kier alpha value is -0.900. The topological polar surface area (TPSA) is 18.5 Å². The summed E-state index contributed by atoms with van der Waals surface area (Å²) >= 11 is 14.1. The van der Waals surface area contributed by atoms with Gasteiger partial charge in [0.25, 0.3) is 0 Å². The lowest BCUT2D eigenvalue weighted by Crippen LogP contribution is -1.97. The van der Waals surface area contributed by atoms with Gasteiger partial charge in [-0.1, -0.05) is 11.6 Å². The van der Waals surface area contributed by atoms with E-state index in [1.54, 1.807) is 31.6 Å². The highest BCUT2D eigenvalue weighted by atomic mass is 35.5. The molecule has 0 amide bonds. The average molecular weight is 303 g/mol. The Morgan fingerprint density at radius 2 is 1.83 bits per heavy atom. The summed E-state index contributed by atoms with van der Waals surface area (Å²) in [5, 5.41) is 2.24. The molecule has 0 spiro atoms. The van der Waals surface area contributed by atoms with Gasteiger partial charge in [0, 0.05) is 10.6 Å². The van der Waals surface area contributed by atoms with E-state index >= 15 is 0 Å². The summed E-state index contributed by atoms with van der Waals surface area (Å²) in [6.45, 7) is 0. The minimum Gasteiger partial charge on any atom is -0.496 e. The first kappa shape index (κ1) is 13.5. The van der Waals surface area contributed by atoms with E-state index in [1.807, 2.05) is 23.6 Å². The van der Waals surface area contributed by atoms with Crippen LogP contribution in [-0.4, -0.2) is 14.2 Å². The van der Waals surface area contributed by atoms with Gasteiger partial charge in [-0.05, 0) is 29.6 Å². The highest BCUT2D eigenvalue weighted by Gasteiger charge is 2.21. The van der Waals surface area contributed by atoms with E-state index in [4.69, 9.17) is 32.7 Å². The minimum atomic E-state index is -0.339. The molecule has 0 saturated heterocycles. The Bertz CT molecular complexity index is 540. The quantitative estimate of drug-likeness (QED) is 0.759. The van der Waals surface area contributed by atoms with Gasteiger partial charge < -0.3 is 9.47 Å². The molecule has 0 saturated carbocycles. The maximum absolute atomic E-state index is 6.50. The third kappa shape index (κ3) is 2.58. The molecule has 0 aliphatic rings. The molecule has 1 aromatic carbocycles. The first-order valence-corrected chi connectivity index (χ1v) is 6.95. The smallest absolute Gasteiger partial charge is 0.134 e. The van der Waals surface area contributed by atoms with Crippen LogP contribution in [-0.2, 0) is 0 Å². The van der Waals surface area contributed by atoms with Gasteiger partial charge in [0.15, 0.2) is 0 Å². The van der Waals surface area contributed by atoms with Crippen molar-refractivity contribution in [2.75, 3.05) is 14.2 Å². The van der Waals surface area contributed by atoms with Crippen LogP contribution in [0.4, 0.5) is 0 Å². The van der Waals surface area contributed by atoms with Crippen LogP contribution in [0.2, 0.25) is 5.02 Å². The zero-order valence-electron chi connectivity index (χ0n) is 9.94. The largest absolute Gasteiger partial charge is 0.496 e. The molecule has 1 atom stereocenters. The normalized spacial score (nSPS) is 12.2. The third-order valence-corrected chi connectivity index (χ3v) is 4.35. The van der Waals surface area contributed by atoms with Crippen molar-refractivity contribution in [2.45, 2.75) is 5.38 Å². The summed E-state index contributed by atoms with van der Waals surface area (Å²) < 4.78 is 10.6. The molecule has 18 heavy (non-hydrogen) atoms. The Kier molecular flexibility index (Phi) is 4.38. The summed E-state index contributed by atoms with van der Waals surface area (Å²) in [6.07, 6.45) is 0. The van der Waals surface area contributed by atoms with Gasteiger partial charge in [0.05, 0.1) is 19.1 Å². The number of rotatable bonds is 4. The zero-order valence-corrected chi connectivity index (χ0v) is 12.3. The van der Waals surface area contributed by atoms with Gasteiger partial charge in [-0.25, -0.2) is 0 Å². The molecular formula is C13H12Cl2O2S. The van der Waals surface area contributed by atoms with Crippen molar-refractivity contribution in [3.05, 3.63) is 45.1 Å². The molecule has 1 heterocycles. The molecule has 2 aromatic rings. The van der Waals surface area contributed by atoms with Gasteiger partial charge in [0.2, 0.25) is 0 Å². The molecule has 1 aromatic heterocycles. The molecule has 0 radical (unpaired) electrons. The predicted molar refractivity (Wildman–Crippen MR) is 76.6 cm³/mol. The Balaban J connectivity index is 2.45. The summed E-state index contributed by atoms with van der Waals surface area (Å²) in [7, 11) is 3.24. The van der Waals surface area contributed by atoms with Crippen molar-refractivity contribution in [2.24, 2.45) is 0 Å². The molecule has 0 bridgehead atoms. The van der Waals surface area contributed by atoms with E-state index in [1.165, 1.54) is 0 Å². The van der Waals surface area contributed by atoms with Gasteiger partial charge in [0.1, 0.15) is 16.9 Å². The Labute approximate surface area is 120 Å². The highest BCUT2D eigenvalue weighted by Crippen LogP contribution is 2.42. The number of halogens is 2. The molecule has 96 valence electrons. The second-order valence-corrected chi connectivity index (χ2v) is 5.42. The van der Waals surface area contributed by atoms with Crippen molar-refractivity contribution in [3.8, 4) is 11.5 Å². The predicted octanol–water partition coefficient (Wildman–Crippen LogP) is 4.75. The second-order valence-electron chi connectivity index (χ2n) is 3.60. The lowest BCUT2D eigenvalue weighted by molar-refractivity contribution is 0.406. The number of hydrogen-bond donors (Lipinski definition) is 0. The van der Waals surface area contributed by atoms with Gasteiger partial charge in [-0.3, -0.25) is 0 Å². The van der Waals surface area contributed by atoms with Crippen molar-refractivity contribution >= 4 is 34.5 Å². The lowest BCUT2D eigenvalue weighted by Gasteiger charge is -2.14. The van der Waals surface area contributed by atoms with E-state index in [0.29, 0.717) is 5.02 Å². The highest BCUT2D eigenvalue weighted by molar-refractivity contribution is 7.10. The van der Waals surface area contributed by atoms with Crippen LogP contribution in [0, 0.1) is 0 Å². The number of thiophene rings is 1. The van der Waals surface area contributed by atoms with Crippen LogP contribution in [0.25, 0.3) is 0 Å². The Morgan fingerprint density at radius 1 is 1.11 bits per heavy atom. The number of hydrogen-bond acceptors (Lipinski definition) is 3. The van der Waals surface area contributed by atoms with Crippen molar-refractivity contribution in [1.82, 2.24) is 0 Å². The number of methoxy groups -OCH3 is 2. The van der Waals surface area contributed by atoms with E-state index in [0.717, 1.165) is 21.9 Å². The summed E-state index contributed by atoms with van der Waals surface area (Å²) in [4.78, 5) is 0.944. The molecule has 0 fully saturated rings. The van der Waals surface area contributed by atoms with Crippen LogP contribution < -0.4 is 9.47 Å². The maximum Gasteiger partial charge on any atom is 0.134 e. The number of alkyl halides is 1. The fraction of sp³-hybridized carbons (Fsp3) is 0.231. The first-order chi connectivity index (χ1) is 8.67. The summed E-state index contributed by atoms with van der Waals surface area (Å²) in [5.74, 6) is 1.50. The zero-order chi connectivity index (χ0) is 13.1. The van der Waals surface area contributed by atoms with E-state index in [2.05, 4.69) is 0 Å². The molecular weight excluding hydrogens is 291 g/mol. The Morgan fingerprint density at radius 3 is 2.50 bits per heavy atom. The molecule has 1 unspecified atom stereocenters. The van der Waals surface area contributed by atoms with Crippen molar-refractivity contribution in [1.29, 1.82) is 0 Å². The summed E-state index contributed by atoms with van der Waals surface area (Å²) in [5.41, 5.74) is 0.840. The first-order valence-electron chi connectivity index (χ1n) is 5.26. The molecule has 2 rings (SSSR count). The van der Waals surface area contributed by atoms with Gasteiger partial charge in [-0.2, -0.15) is 0 Å². The van der Waals surface area contributed by atoms with Crippen molar-refractivity contribution in [3.63, 3.8) is 0 Å². The maximum atomic E-state index is 6.50. The molecule has 2 nitrogen and oxygen atoms in total.